The van der Waals surface area contributed by atoms with E-state index in [9.17, 15) is 14.7 Å². The number of carboxylic acid groups (broad SMARTS) is 1. The van der Waals surface area contributed by atoms with Crippen LogP contribution in [-0.2, 0) is 30.7 Å². The second-order valence-corrected chi connectivity index (χ2v) is 6.81. The van der Waals surface area contributed by atoms with Gasteiger partial charge in [-0.3, -0.25) is 9.48 Å². The van der Waals surface area contributed by atoms with E-state index in [1.165, 1.54) is 0 Å². The predicted octanol–water partition coefficient (Wildman–Crippen LogP) is 1.91. The number of aryl methyl sites for hydroxylation is 2. The summed E-state index contributed by atoms with van der Waals surface area (Å²) in [6.07, 6.45) is 0.891. The number of aromatic nitrogens is 4. The largest absolute Gasteiger partial charge is 0.476 e. The lowest BCUT2D eigenvalue weighted by atomic mass is 10.0. The molecule has 8 nitrogen and oxygen atoms in total. The second-order valence-electron chi connectivity index (χ2n) is 6.81. The summed E-state index contributed by atoms with van der Waals surface area (Å²) >= 11 is 0. The summed E-state index contributed by atoms with van der Waals surface area (Å²) in [5, 5.41) is 13.6. The summed E-state index contributed by atoms with van der Waals surface area (Å²) in [5.74, 6) is -0.226. The minimum atomic E-state index is -1.05. The van der Waals surface area contributed by atoms with E-state index in [1.54, 1.807) is 9.58 Å². The standard InChI is InChI=1S/C19H21N5O3/c1-3-24-16-6-7-23(10-13(16)18(22-24)19(26)27)17(25)9-12-4-5-14-15(8-12)21-11(2)20-14/h4-5,8H,3,6-7,9-10H2,1-2H3,(H,20,21)(H,26,27). The van der Waals surface area contributed by atoms with Crippen molar-refractivity contribution in [2.24, 2.45) is 0 Å². The summed E-state index contributed by atoms with van der Waals surface area (Å²) in [7, 11) is 0. The normalized spacial score (nSPS) is 13.8. The van der Waals surface area contributed by atoms with Gasteiger partial charge >= 0.3 is 5.97 Å². The van der Waals surface area contributed by atoms with Crippen LogP contribution >= 0.6 is 0 Å². The summed E-state index contributed by atoms with van der Waals surface area (Å²) < 4.78 is 1.73. The third-order valence-electron chi connectivity index (χ3n) is 5.01. The van der Waals surface area contributed by atoms with E-state index in [0.717, 1.165) is 28.1 Å². The molecule has 0 aliphatic carbocycles. The Balaban J connectivity index is 1.55. The fourth-order valence-corrected chi connectivity index (χ4v) is 3.72. The van der Waals surface area contributed by atoms with Gasteiger partial charge in [0.2, 0.25) is 5.91 Å². The van der Waals surface area contributed by atoms with Gasteiger partial charge in [0.25, 0.3) is 0 Å². The smallest absolute Gasteiger partial charge is 0.356 e. The van der Waals surface area contributed by atoms with Crippen molar-refractivity contribution in [1.29, 1.82) is 0 Å². The maximum Gasteiger partial charge on any atom is 0.356 e. The van der Waals surface area contributed by atoms with Crippen LogP contribution in [-0.4, -0.2) is 48.2 Å². The van der Waals surface area contributed by atoms with Gasteiger partial charge in [-0.05, 0) is 31.5 Å². The number of nitrogens with one attached hydrogen (secondary N) is 1. The number of H-pyrrole nitrogens is 1. The highest BCUT2D eigenvalue weighted by molar-refractivity contribution is 5.88. The summed E-state index contributed by atoms with van der Waals surface area (Å²) in [6.45, 7) is 5.31. The molecule has 3 aromatic rings. The zero-order chi connectivity index (χ0) is 19.1. The molecule has 0 radical (unpaired) electrons. The molecule has 0 bridgehead atoms. The van der Waals surface area contributed by atoms with Crippen LogP contribution < -0.4 is 0 Å². The monoisotopic (exact) mass is 367 g/mol. The van der Waals surface area contributed by atoms with Crippen molar-refractivity contribution in [2.75, 3.05) is 6.54 Å². The molecular weight excluding hydrogens is 346 g/mol. The minimum absolute atomic E-state index is 0.0168. The van der Waals surface area contributed by atoms with Crippen molar-refractivity contribution < 1.29 is 14.7 Å². The van der Waals surface area contributed by atoms with Crippen molar-refractivity contribution in [2.45, 2.75) is 39.8 Å². The molecule has 2 N–H and O–H groups in total. The summed E-state index contributed by atoms with van der Waals surface area (Å²) in [5.41, 5.74) is 4.33. The molecule has 27 heavy (non-hydrogen) atoms. The molecule has 0 saturated heterocycles. The van der Waals surface area contributed by atoms with Gasteiger partial charge in [-0.25, -0.2) is 9.78 Å². The topological polar surface area (TPSA) is 104 Å². The first kappa shape index (κ1) is 17.3. The van der Waals surface area contributed by atoms with E-state index < -0.39 is 5.97 Å². The highest BCUT2D eigenvalue weighted by Gasteiger charge is 2.29. The number of aromatic carboxylic acids is 1. The molecule has 0 saturated carbocycles. The SMILES string of the molecule is CCn1nc(C(=O)O)c2c1CCN(C(=O)Cc1ccc3nc(C)[nH]c3c1)C2. The van der Waals surface area contributed by atoms with Gasteiger partial charge in [0.1, 0.15) is 5.82 Å². The van der Waals surface area contributed by atoms with Gasteiger partial charge in [0.05, 0.1) is 17.5 Å². The molecule has 0 atom stereocenters. The van der Waals surface area contributed by atoms with Gasteiger partial charge in [0.15, 0.2) is 5.69 Å². The molecule has 0 unspecified atom stereocenters. The third kappa shape index (κ3) is 3.07. The van der Waals surface area contributed by atoms with Gasteiger partial charge in [-0.2, -0.15) is 5.10 Å². The molecule has 2 aromatic heterocycles. The van der Waals surface area contributed by atoms with E-state index in [-0.39, 0.29) is 18.0 Å². The first-order valence-electron chi connectivity index (χ1n) is 9.01. The van der Waals surface area contributed by atoms with Crippen LogP contribution in [0.2, 0.25) is 0 Å². The molecular formula is C19H21N5O3. The van der Waals surface area contributed by atoms with Crippen LogP contribution in [0.4, 0.5) is 0 Å². The third-order valence-corrected chi connectivity index (χ3v) is 5.01. The molecule has 1 aromatic carbocycles. The maximum absolute atomic E-state index is 12.8. The number of hydrogen-bond acceptors (Lipinski definition) is 4. The van der Waals surface area contributed by atoms with Gasteiger partial charge in [0, 0.05) is 37.3 Å². The van der Waals surface area contributed by atoms with Crippen molar-refractivity contribution in [3.05, 3.63) is 46.5 Å². The Morgan fingerprint density at radius 2 is 2.15 bits per heavy atom. The van der Waals surface area contributed by atoms with Crippen LogP contribution in [0.1, 0.15) is 40.1 Å². The molecule has 140 valence electrons. The Kier molecular flexibility index (Phi) is 4.18. The van der Waals surface area contributed by atoms with Crippen LogP contribution in [0.15, 0.2) is 18.2 Å². The average Bonchev–Trinajstić information content (AvgIpc) is 3.20. The molecule has 1 aliphatic rings. The van der Waals surface area contributed by atoms with Crippen molar-refractivity contribution in [3.63, 3.8) is 0 Å². The fourth-order valence-electron chi connectivity index (χ4n) is 3.72. The number of fused-ring (bicyclic) bond motifs is 2. The number of hydrogen-bond donors (Lipinski definition) is 2. The predicted molar refractivity (Wildman–Crippen MR) is 98.5 cm³/mol. The lowest BCUT2D eigenvalue weighted by Crippen LogP contribution is -2.37. The van der Waals surface area contributed by atoms with Crippen molar-refractivity contribution >= 4 is 22.9 Å². The second kappa shape index (κ2) is 6.53. The quantitative estimate of drug-likeness (QED) is 0.733. The number of imidazole rings is 1. The molecule has 1 aliphatic heterocycles. The maximum atomic E-state index is 12.8. The van der Waals surface area contributed by atoms with Crippen molar-refractivity contribution in [1.82, 2.24) is 24.6 Å². The number of rotatable bonds is 4. The van der Waals surface area contributed by atoms with E-state index >= 15 is 0 Å². The Bertz CT molecular complexity index is 1050. The molecule has 0 spiro atoms. The molecule has 8 heteroatoms. The van der Waals surface area contributed by atoms with E-state index in [2.05, 4.69) is 15.1 Å². The zero-order valence-corrected chi connectivity index (χ0v) is 15.3. The molecule has 4 rings (SSSR count). The number of nitrogens with zero attached hydrogens (tertiary/aromatic N) is 4. The lowest BCUT2D eigenvalue weighted by Gasteiger charge is -2.27. The number of aromatic amines is 1. The molecule has 0 fully saturated rings. The zero-order valence-electron chi connectivity index (χ0n) is 15.3. The van der Waals surface area contributed by atoms with E-state index in [1.807, 2.05) is 32.0 Å². The van der Waals surface area contributed by atoms with Crippen LogP contribution in [0.5, 0.6) is 0 Å². The van der Waals surface area contributed by atoms with Crippen LogP contribution in [0.25, 0.3) is 11.0 Å². The molecule has 1 amide bonds. The van der Waals surface area contributed by atoms with E-state index in [4.69, 9.17) is 0 Å². The highest BCUT2D eigenvalue weighted by Crippen LogP contribution is 2.24. The van der Waals surface area contributed by atoms with Gasteiger partial charge < -0.3 is 15.0 Å². The number of carboxylic acids is 1. The van der Waals surface area contributed by atoms with Crippen LogP contribution in [0.3, 0.4) is 0 Å². The Hall–Kier alpha value is -3.16. The number of amides is 1. The first-order chi connectivity index (χ1) is 13.0. The minimum Gasteiger partial charge on any atom is -0.476 e. The number of carbonyl (C=O) groups excluding carboxylic acids is 1. The van der Waals surface area contributed by atoms with E-state index in [0.29, 0.717) is 31.6 Å². The summed E-state index contributed by atoms with van der Waals surface area (Å²) in [4.78, 5) is 33.6. The average molecular weight is 367 g/mol. The van der Waals surface area contributed by atoms with Crippen LogP contribution in [0, 0.1) is 6.92 Å². The molecule has 3 heterocycles. The Morgan fingerprint density at radius 3 is 2.89 bits per heavy atom. The Labute approximate surface area is 155 Å². The fraction of sp³-hybridized carbons (Fsp3) is 0.368. The summed E-state index contributed by atoms with van der Waals surface area (Å²) in [6, 6.07) is 5.76. The number of benzene rings is 1. The first-order valence-corrected chi connectivity index (χ1v) is 9.01. The Morgan fingerprint density at radius 1 is 1.33 bits per heavy atom. The van der Waals surface area contributed by atoms with Crippen molar-refractivity contribution in [3.8, 4) is 0 Å². The lowest BCUT2D eigenvalue weighted by molar-refractivity contribution is -0.131. The van der Waals surface area contributed by atoms with Gasteiger partial charge in [-0.15, -0.1) is 0 Å². The number of carbonyl (C=O) groups is 2. The highest BCUT2D eigenvalue weighted by atomic mass is 16.4. The van der Waals surface area contributed by atoms with Gasteiger partial charge in [-0.1, -0.05) is 6.07 Å².